The lowest BCUT2D eigenvalue weighted by Crippen LogP contribution is -2.15. The summed E-state index contributed by atoms with van der Waals surface area (Å²) >= 11 is 1.98. The first kappa shape index (κ1) is 23.8. The maximum absolute atomic E-state index is 5.01. The van der Waals surface area contributed by atoms with Crippen LogP contribution in [-0.2, 0) is 6.42 Å². The van der Waals surface area contributed by atoms with E-state index in [1.54, 1.807) is 0 Å². The van der Waals surface area contributed by atoms with Crippen molar-refractivity contribution in [2.45, 2.75) is 95.9 Å². The number of aliphatic imine (C=N–C) groups is 1. The highest BCUT2D eigenvalue weighted by molar-refractivity contribution is 7.15. The summed E-state index contributed by atoms with van der Waals surface area (Å²) in [6.07, 6.45) is 27.9. The van der Waals surface area contributed by atoms with Gasteiger partial charge in [0.25, 0.3) is 0 Å². The second-order valence-electron chi connectivity index (χ2n) is 12.5. The fourth-order valence-corrected chi connectivity index (χ4v) is 8.10. The third-order valence-corrected chi connectivity index (χ3v) is 10.9. The molecule has 0 amide bonds. The third kappa shape index (κ3) is 5.09. The van der Waals surface area contributed by atoms with Gasteiger partial charge in [-0.15, -0.1) is 11.3 Å². The summed E-state index contributed by atoms with van der Waals surface area (Å²) in [5.41, 5.74) is 8.20. The fourth-order valence-electron chi connectivity index (χ4n) is 6.95. The van der Waals surface area contributed by atoms with Gasteiger partial charge in [-0.25, -0.2) is 4.98 Å². The molecule has 2 aromatic rings. The van der Waals surface area contributed by atoms with E-state index in [0.29, 0.717) is 5.92 Å². The lowest BCUT2D eigenvalue weighted by molar-refractivity contribution is 0.300. The van der Waals surface area contributed by atoms with E-state index >= 15 is 0 Å². The number of hydrogen-bond donors (Lipinski definition) is 0. The first-order valence-electron chi connectivity index (χ1n) is 14.9. The number of aromatic nitrogens is 1. The number of rotatable bonds is 8. The van der Waals surface area contributed by atoms with E-state index in [-0.39, 0.29) is 6.04 Å². The molecule has 192 valence electrons. The van der Waals surface area contributed by atoms with E-state index in [4.69, 9.17) is 9.98 Å². The van der Waals surface area contributed by atoms with Crippen molar-refractivity contribution in [2.24, 2.45) is 22.7 Å². The maximum atomic E-state index is 5.01. The van der Waals surface area contributed by atoms with Crippen LogP contribution in [0.15, 0.2) is 58.8 Å². The van der Waals surface area contributed by atoms with E-state index < -0.39 is 0 Å². The number of fused-ring (bicyclic) bond motifs is 1. The highest BCUT2D eigenvalue weighted by atomic mass is 32.1. The van der Waals surface area contributed by atoms with E-state index in [1.165, 1.54) is 120 Å². The summed E-state index contributed by atoms with van der Waals surface area (Å²) in [5.74, 6) is 3.58. The zero-order valence-corrected chi connectivity index (χ0v) is 23.1. The van der Waals surface area contributed by atoms with Crippen molar-refractivity contribution in [3.63, 3.8) is 0 Å². The van der Waals surface area contributed by atoms with Gasteiger partial charge in [0.1, 0.15) is 6.04 Å². The number of thiazole rings is 1. The molecule has 1 atom stereocenters. The molecule has 0 bridgehead atoms. The lowest BCUT2D eigenvalue weighted by Gasteiger charge is -2.27. The van der Waals surface area contributed by atoms with Crippen molar-refractivity contribution in [3.8, 4) is 10.4 Å². The predicted molar refractivity (Wildman–Crippen MR) is 157 cm³/mol. The van der Waals surface area contributed by atoms with E-state index in [0.717, 1.165) is 17.8 Å². The summed E-state index contributed by atoms with van der Waals surface area (Å²) in [7, 11) is 0. The molecule has 0 radical (unpaired) electrons. The van der Waals surface area contributed by atoms with E-state index in [2.05, 4.69) is 49.5 Å². The minimum Gasteiger partial charge on any atom is -0.280 e. The molecule has 0 N–H and O–H groups in total. The third-order valence-electron chi connectivity index (χ3n) is 9.72. The van der Waals surface area contributed by atoms with Crippen molar-refractivity contribution in [1.82, 2.24) is 4.98 Å². The topological polar surface area (TPSA) is 25.2 Å². The SMILES string of the molecule is CC1=CC2=CC=C(c3ccc(-c4cnc(C5CCC(CCC6CC6)CC5)s4)c(CC4CCC4)c3)C2N=C1. The first-order chi connectivity index (χ1) is 18.2. The number of nitrogens with zero attached hydrogens (tertiary/aromatic N) is 2. The Hall–Kier alpha value is -2.26. The summed E-state index contributed by atoms with van der Waals surface area (Å²) in [5, 5.41) is 1.39. The van der Waals surface area contributed by atoms with Crippen LogP contribution in [0.3, 0.4) is 0 Å². The molecule has 3 saturated carbocycles. The molecule has 1 aromatic carbocycles. The van der Waals surface area contributed by atoms with Crippen LogP contribution in [0, 0.1) is 17.8 Å². The Morgan fingerprint density at radius 3 is 2.41 bits per heavy atom. The molecule has 1 aliphatic heterocycles. The Labute approximate surface area is 226 Å². The Morgan fingerprint density at radius 1 is 0.892 bits per heavy atom. The van der Waals surface area contributed by atoms with Gasteiger partial charge in [0, 0.05) is 18.3 Å². The van der Waals surface area contributed by atoms with Crippen molar-refractivity contribution < 1.29 is 0 Å². The van der Waals surface area contributed by atoms with Crippen LogP contribution in [-0.4, -0.2) is 17.2 Å². The molecule has 3 fully saturated rings. The molecule has 1 unspecified atom stereocenters. The maximum Gasteiger partial charge on any atom is 0.100 e. The number of benzene rings is 1. The van der Waals surface area contributed by atoms with Gasteiger partial charge in [-0.05, 0) is 90.2 Å². The van der Waals surface area contributed by atoms with Gasteiger partial charge in [-0.2, -0.15) is 0 Å². The van der Waals surface area contributed by atoms with Crippen LogP contribution in [0.4, 0.5) is 0 Å². The van der Waals surface area contributed by atoms with Crippen molar-refractivity contribution in [2.75, 3.05) is 0 Å². The van der Waals surface area contributed by atoms with Crippen LogP contribution in [0.25, 0.3) is 16.0 Å². The van der Waals surface area contributed by atoms with Gasteiger partial charge in [0.15, 0.2) is 0 Å². The zero-order chi connectivity index (χ0) is 24.8. The second-order valence-corrected chi connectivity index (χ2v) is 13.6. The molecule has 2 nitrogen and oxygen atoms in total. The largest absolute Gasteiger partial charge is 0.280 e. The second kappa shape index (κ2) is 10.1. The Morgan fingerprint density at radius 2 is 1.68 bits per heavy atom. The molecule has 4 aliphatic carbocycles. The number of dihydropyridines is 1. The predicted octanol–water partition coefficient (Wildman–Crippen LogP) is 9.34. The fraction of sp³-hybridized carbons (Fsp3) is 0.529. The van der Waals surface area contributed by atoms with Crippen molar-refractivity contribution in [1.29, 1.82) is 0 Å². The van der Waals surface area contributed by atoms with Crippen LogP contribution in [0.5, 0.6) is 0 Å². The van der Waals surface area contributed by atoms with Gasteiger partial charge in [0.2, 0.25) is 0 Å². The smallest absolute Gasteiger partial charge is 0.100 e. The van der Waals surface area contributed by atoms with Crippen molar-refractivity contribution >= 4 is 23.1 Å². The zero-order valence-electron chi connectivity index (χ0n) is 22.3. The average Bonchev–Trinajstić information content (AvgIpc) is 3.43. The van der Waals surface area contributed by atoms with Gasteiger partial charge in [-0.3, -0.25) is 4.99 Å². The van der Waals surface area contributed by atoms with E-state index in [1.807, 2.05) is 17.6 Å². The minimum absolute atomic E-state index is 0.167. The monoisotopic (exact) mass is 508 g/mol. The van der Waals surface area contributed by atoms with Crippen LogP contribution in [0.1, 0.15) is 99.6 Å². The molecule has 5 aliphatic rings. The average molecular weight is 509 g/mol. The number of allylic oxidation sites excluding steroid dienone is 3. The summed E-state index contributed by atoms with van der Waals surface area (Å²) in [6.45, 7) is 2.13. The molecule has 7 rings (SSSR count). The van der Waals surface area contributed by atoms with Gasteiger partial charge < -0.3 is 0 Å². The first-order valence-corrected chi connectivity index (χ1v) is 15.7. The highest BCUT2D eigenvalue weighted by Gasteiger charge is 2.29. The summed E-state index contributed by atoms with van der Waals surface area (Å²) in [4.78, 5) is 11.3. The van der Waals surface area contributed by atoms with Gasteiger partial charge >= 0.3 is 0 Å². The molecule has 3 heteroatoms. The van der Waals surface area contributed by atoms with Crippen molar-refractivity contribution in [3.05, 3.63) is 69.9 Å². The van der Waals surface area contributed by atoms with Crippen LogP contribution < -0.4 is 0 Å². The van der Waals surface area contributed by atoms with E-state index in [9.17, 15) is 0 Å². The summed E-state index contributed by atoms with van der Waals surface area (Å²) < 4.78 is 0. The lowest BCUT2D eigenvalue weighted by atomic mass is 9.79. The van der Waals surface area contributed by atoms with Crippen LogP contribution >= 0.6 is 11.3 Å². The molecular weight excluding hydrogens is 468 g/mol. The Kier molecular flexibility index (Phi) is 6.53. The Bertz CT molecular complexity index is 1270. The van der Waals surface area contributed by atoms with Gasteiger partial charge in [0.05, 0.1) is 9.88 Å². The van der Waals surface area contributed by atoms with Crippen LogP contribution in [0.2, 0.25) is 0 Å². The highest BCUT2D eigenvalue weighted by Crippen LogP contribution is 2.44. The molecule has 1 aromatic heterocycles. The molecule has 37 heavy (non-hydrogen) atoms. The standard InChI is InChI=1S/C34H40N2S/c1-22-17-28-14-16-31(33(28)35-20-22)27-13-15-30(29(19-27)18-25-3-2-4-25)32-21-36-34(37-32)26-11-9-24(10-12-26)8-7-23-5-6-23/h13-17,19-21,23-26,33H,2-12,18H2,1H3. The normalized spacial score (nSPS) is 27.4. The molecule has 2 heterocycles. The molecule has 0 saturated heterocycles. The molecular formula is C34H40N2S. The van der Waals surface area contributed by atoms with Gasteiger partial charge in [-0.1, -0.05) is 81.4 Å². The molecule has 0 spiro atoms. The Balaban J connectivity index is 1.09. The minimum atomic E-state index is 0.167. The number of hydrogen-bond acceptors (Lipinski definition) is 3. The quantitative estimate of drug-likeness (QED) is 0.349. The summed E-state index contributed by atoms with van der Waals surface area (Å²) in [6, 6.07) is 7.39.